The third kappa shape index (κ3) is 6.68. The zero-order valence-electron chi connectivity index (χ0n) is 27.7. The number of aryl methyl sites for hydroxylation is 1. The topological polar surface area (TPSA) is 144 Å². The van der Waals surface area contributed by atoms with Gasteiger partial charge in [-0.3, -0.25) is 13.9 Å². The van der Waals surface area contributed by atoms with E-state index in [1.165, 1.54) is 23.7 Å². The molecule has 1 fully saturated rings. The van der Waals surface area contributed by atoms with Crippen molar-refractivity contribution >= 4 is 38.5 Å². The van der Waals surface area contributed by atoms with Crippen LogP contribution in [-0.4, -0.2) is 62.8 Å². The molecule has 1 saturated carbocycles. The minimum Gasteiger partial charge on any atom is -0.455 e. The van der Waals surface area contributed by atoms with Gasteiger partial charge in [0.25, 0.3) is 11.8 Å². The van der Waals surface area contributed by atoms with Gasteiger partial charge in [0.05, 0.1) is 23.6 Å². The van der Waals surface area contributed by atoms with Crippen LogP contribution in [0.15, 0.2) is 83.5 Å². The van der Waals surface area contributed by atoms with E-state index in [4.69, 9.17) is 4.42 Å². The molecule has 0 unspecified atom stereocenters. The number of nitrogens with zero attached hydrogens (tertiary/aromatic N) is 3. The third-order valence-electron chi connectivity index (χ3n) is 8.76. The number of fused-ring (bicyclic) bond motifs is 1. The Balaban J connectivity index is 1.47. The molecule has 1 aliphatic carbocycles. The normalized spacial score (nSPS) is 17.4. The molecule has 3 aromatic carbocycles. The number of nitrogens with one attached hydrogen (secondary N) is 2. The number of rotatable bonds is 11. The highest BCUT2D eigenvalue weighted by Gasteiger charge is 2.50. The van der Waals surface area contributed by atoms with E-state index in [1.54, 1.807) is 49.4 Å². The van der Waals surface area contributed by atoms with Crippen molar-refractivity contribution < 1.29 is 35.9 Å². The van der Waals surface area contributed by atoms with E-state index >= 15 is 0 Å². The SMILES string of the molecule is CCN(c1cc2oc(-c3ccc(C)cc3)c(C(=O)NC)c2cc1-c1cccc(C(=O)NC2(c3ncccn3)CC(OC(F)F)C2)c1)S(C)(=O)=O. The number of amides is 2. The maximum absolute atomic E-state index is 13.8. The molecule has 2 heterocycles. The molecule has 0 radical (unpaired) electrons. The first kappa shape index (κ1) is 34.6. The van der Waals surface area contributed by atoms with Gasteiger partial charge in [0.1, 0.15) is 16.9 Å². The second-order valence-corrected chi connectivity index (χ2v) is 14.1. The molecule has 260 valence electrons. The van der Waals surface area contributed by atoms with E-state index in [0.29, 0.717) is 33.4 Å². The average molecular weight is 704 g/mol. The molecule has 0 spiro atoms. The summed E-state index contributed by atoms with van der Waals surface area (Å²) in [5, 5.41) is 6.06. The van der Waals surface area contributed by atoms with E-state index in [-0.39, 0.29) is 42.0 Å². The standard InChI is InChI=1S/C36H35F2N5O6S/c1-5-43(50(4,46)47)28-18-29-27(30(33(45)39-3)31(49-29)22-12-10-21(2)11-13-22)17-26(28)23-8-6-9-24(16-23)32(44)42-36(34-40-14-7-15-41-34)19-25(20-36)48-35(37)38/h6-18,25,35H,5,19-20H2,1-4H3,(H,39,45)(H,42,44). The van der Waals surface area contributed by atoms with Gasteiger partial charge in [0.15, 0.2) is 5.82 Å². The van der Waals surface area contributed by atoms with Gasteiger partial charge >= 0.3 is 6.61 Å². The van der Waals surface area contributed by atoms with E-state index < -0.39 is 40.1 Å². The molecule has 5 aromatic rings. The number of carbonyl (C=O) groups is 2. The van der Waals surface area contributed by atoms with E-state index in [9.17, 15) is 26.8 Å². The Hall–Kier alpha value is -5.21. The Bertz CT molecular complexity index is 2170. The lowest BCUT2D eigenvalue weighted by atomic mass is 9.73. The Morgan fingerprint density at radius 3 is 2.34 bits per heavy atom. The van der Waals surface area contributed by atoms with E-state index in [0.717, 1.165) is 11.8 Å². The summed E-state index contributed by atoms with van der Waals surface area (Å²) in [5.74, 6) is -0.334. The number of alkyl halides is 2. The Morgan fingerprint density at radius 1 is 1.02 bits per heavy atom. The third-order valence-corrected chi connectivity index (χ3v) is 10.0. The second kappa shape index (κ2) is 13.6. The van der Waals surface area contributed by atoms with Crippen molar-refractivity contribution in [3.63, 3.8) is 0 Å². The number of benzene rings is 3. The van der Waals surface area contributed by atoms with Gasteiger partial charge in [-0.25, -0.2) is 18.4 Å². The van der Waals surface area contributed by atoms with Gasteiger partial charge < -0.3 is 19.8 Å². The zero-order chi connectivity index (χ0) is 35.8. The Labute approximate surface area is 287 Å². The van der Waals surface area contributed by atoms with Crippen molar-refractivity contribution in [3.05, 3.63) is 102 Å². The fourth-order valence-electron chi connectivity index (χ4n) is 6.38. The first-order valence-electron chi connectivity index (χ1n) is 15.8. The number of anilines is 1. The van der Waals surface area contributed by atoms with Crippen LogP contribution in [0.1, 0.15) is 51.9 Å². The van der Waals surface area contributed by atoms with E-state index in [2.05, 4.69) is 25.3 Å². The van der Waals surface area contributed by atoms with Gasteiger partial charge in [-0.05, 0) is 43.7 Å². The zero-order valence-corrected chi connectivity index (χ0v) is 28.6. The molecule has 1 aliphatic rings. The van der Waals surface area contributed by atoms with Crippen LogP contribution in [0.2, 0.25) is 0 Å². The lowest BCUT2D eigenvalue weighted by Gasteiger charge is -2.46. The van der Waals surface area contributed by atoms with Crippen LogP contribution in [0.4, 0.5) is 14.5 Å². The Morgan fingerprint density at radius 2 is 1.72 bits per heavy atom. The number of sulfonamides is 1. The van der Waals surface area contributed by atoms with Crippen LogP contribution in [0.5, 0.6) is 0 Å². The van der Waals surface area contributed by atoms with Crippen molar-refractivity contribution in [1.29, 1.82) is 0 Å². The number of carbonyl (C=O) groups excluding carboxylic acids is 2. The molecular formula is C36H35F2N5O6S. The number of ether oxygens (including phenoxy) is 1. The molecule has 2 amide bonds. The highest BCUT2D eigenvalue weighted by molar-refractivity contribution is 7.92. The predicted octanol–water partition coefficient (Wildman–Crippen LogP) is 6.04. The largest absolute Gasteiger partial charge is 0.455 e. The quantitative estimate of drug-likeness (QED) is 0.170. The number of hydrogen-bond acceptors (Lipinski definition) is 8. The summed E-state index contributed by atoms with van der Waals surface area (Å²) < 4.78 is 64.2. The molecule has 0 atom stereocenters. The number of hydrogen-bond donors (Lipinski definition) is 2. The maximum atomic E-state index is 13.8. The summed E-state index contributed by atoms with van der Waals surface area (Å²) in [6, 6.07) is 18.9. The van der Waals surface area contributed by atoms with Crippen LogP contribution in [-0.2, 0) is 20.3 Å². The lowest BCUT2D eigenvalue weighted by molar-refractivity contribution is -0.198. The van der Waals surface area contributed by atoms with Crippen molar-refractivity contribution in [2.75, 3.05) is 24.2 Å². The number of furan rings is 1. The molecule has 14 heteroatoms. The fraction of sp³-hybridized carbons (Fsp3) is 0.278. The fourth-order valence-corrected chi connectivity index (χ4v) is 7.35. The number of aromatic nitrogens is 2. The Kier molecular flexibility index (Phi) is 9.42. The molecule has 0 bridgehead atoms. The highest BCUT2D eigenvalue weighted by atomic mass is 32.2. The molecule has 11 nitrogen and oxygen atoms in total. The molecule has 2 aromatic heterocycles. The summed E-state index contributed by atoms with van der Waals surface area (Å²) >= 11 is 0. The van der Waals surface area contributed by atoms with Gasteiger partial charge in [-0.1, -0.05) is 42.0 Å². The lowest BCUT2D eigenvalue weighted by Crippen LogP contribution is -2.58. The average Bonchev–Trinajstić information content (AvgIpc) is 3.45. The summed E-state index contributed by atoms with van der Waals surface area (Å²) in [6.45, 7) is 0.769. The minimum atomic E-state index is -3.79. The maximum Gasteiger partial charge on any atom is 0.345 e. The summed E-state index contributed by atoms with van der Waals surface area (Å²) in [6.07, 6.45) is 3.39. The van der Waals surface area contributed by atoms with Crippen LogP contribution in [0.3, 0.4) is 0 Å². The molecule has 2 N–H and O–H groups in total. The van der Waals surface area contributed by atoms with Gasteiger partial charge in [-0.2, -0.15) is 8.78 Å². The number of halogens is 2. The second-order valence-electron chi connectivity index (χ2n) is 12.2. The first-order valence-corrected chi connectivity index (χ1v) is 17.7. The van der Waals surface area contributed by atoms with Gasteiger partial charge in [0.2, 0.25) is 10.0 Å². The van der Waals surface area contributed by atoms with Crippen LogP contribution in [0, 0.1) is 6.92 Å². The molecular weight excluding hydrogens is 668 g/mol. The molecule has 6 rings (SSSR count). The van der Waals surface area contributed by atoms with Crippen molar-refractivity contribution in [2.45, 2.75) is 44.9 Å². The first-order chi connectivity index (χ1) is 23.8. The van der Waals surface area contributed by atoms with Crippen LogP contribution >= 0.6 is 0 Å². The predicted molar refractivity (Wildman–Crippen MR) is 184 cm³/mol. The minimum absolute atomic E-state index is 0.0412. The summed E-state index contributed by atoms with van der Waals surface area (Å²) in [5.41, 5.74) is 2.51. The smallest absolute Gasteiger partial charge is 0.345 e. The van der Waals surface area contributed by atoms with Crippen LogP contribution in [0.25, 0.3) is 33.4 Å². The molecule has 50 heavy (non-hydrogen) atoms. The molecule has 0 aliphatic heterocycles. The van der Waals surface area contributed by atoms with Gasteiger partial charge in [-0.15, -0.1) is 0 Å². The summed E-state index contributed by atoms with van der Waals surface area (Å²) in [7, 11) is -2.27. The molecule has 0 saturated heterocycles. The van der Waals surface area contributed by atoms with Crippen molar-refractivity contribution in [1.82, 2.24) is 20.6 Å². The summed E-state index contributed by atoms with van der Waals surface area (Å²) in [4.78, 5) is 35.7. The highest BCUT2D eigenvalue weighted by Crippen LogP contribution is 2.44. The van der Waals surface area contributed by atoms with Crippen LogP contribution < -0.4 is 14.9 Å². The van der Waals surface area contributed by atoms with E-state index in [1.807, 2.05) is 31.2 Å². The van der Waals surface area contributed by atoms with Crippen molar-refractivity contribution in [2.24, 2.45) is 0 Å². The van der Waals surface area contributed by atoms with Crippen molar-refractivity contribution in [3.8, 4) is 22.5 Å². The monoisotopic (exact) mass is 703 g/mol. The van der Waals surface area contributed by atoms with Gasteiger partial charge in [0, 0.05) is 67.0 Å².